The summed E-state index contributed by atoms with van der Waals surface area (Å²) in [5.41, 5.74) is 0. The number of allylic oxidation sites excluding steroid dienone is 1. The second-order valence-electron chi connectivity index (χ2n) is 1.53. The second-order valence-corrected chi connectivity index (χ2v) is 3.45. The Morgan fingerprint density at radius 3 is 3.11 bits per heavy atom. The summed E-state index contributed by atoms with van der Waals surface area (Å²) in [4.78, 5) is 4.11. The van der Waals surface area contributed by atoms with Gasteiger partial charge in [-0.15, -0.1) is 0 Å². The van der Waals surface area contributed by atoms with Crippen molar-refractivity contribution in [1.82, 2.24) is 0 Å². The monoisotopic (exact) mass is 253 g/mol. The molecule has 0 radical (unpaired) electrons. The van der Waals surface area contributed by atoms with E-state index in [1.807, 2.05) is 12.4 Å². The van der Waals surface area contributed by atoms with Gasteiger partial charge in [-0.1, -0.05) is 0 Å². The molecule has 50 valence electrons. The first-order valence-corrected chi connectivity index (χ1v) is 6.20. The molecule has 4 heteroatoms. The van der Waals surface area contributed by atoms with Gasteiger partial charge in [0.25, 0.3) is 0 Å². The van der Waals surface area contributed by atoms with Crippen LogP contribution in [0.1, 0.15) is 12.8 Å². The van der Waals surface area contributed by atoms with Crippen LogP contribution in [0.25, 0.3) is 0 Å². The SMILES string of the molecule is C=CCCCN=BSI. The fraction of sp³-hybridized carbons (Fsp3) is 0.600. The summed E-state index contributed by atoms with van der Waals surface area (Å²) < 4.78 is 0. The van der Waals surface area contributed by atoms with Crippen LogP contribution in [0.15, 0.2) is 17.6 Å². The average Bonchev–Trinajstić information content (AvgIpc) is 1.89. The summed E-state index contributed by atoms with van der Waals surface area (Å²) >= 11 is 2.20. The van der Waals surface area contributed by atoms with Crippen molar-refractivity contribution in [2.75, 3.05) is 6.54 Å². The number of unbranched alkanes of at least 4 members (excludes halogenated alkanes) is 1. The number of nitrogens with zero attached hydrogens (tertiary/aromatic N) is 1. The Balaban J connectivity index is 2.90. The topological polar surface area (TPSA) is 12.4 Å². The van der Waals surface area contributed by atoms with Crippen LogP contribution in [0.3, 0.4) is 0 Å². The van der Waals surface area contributed by atoms with Gasteiger partial charge in [0, 0.05) is 0 Å². The summed E-state index contributed by atoms with van der Waals surface area (Å²) in [6, 6.07) is 0. The van der Waals surface area contributed by atoms with Gasteiger partial charge < -0.3 is 0 Å². The molecular formula is C5H9BINS. The molecule has 0 saturated carbocycles. The van der Waals surface area contributed by atoms with Gasteiger partial charge in [-0.2, -0.15) is 0 Å². The standard InChI is InChI=1S/C5H9BINS/c1-2-3-4-5-8-6-9-7/h2H,1,3-5H2. The van der Waals surface area contributed by atoms with Gasteiger partial charge in [0.2, 0.25) is 0 Å². The molecule has 0 rings (SSSR count). The van der Waals surface area contributed by atoms with Crippen LogP contribution >= 0.6 is 30.0 Å². The Kier molecular flexibility index (Phi) is 9.35. The van der Waals surface area contributed by atoms with Crippen molar-refractivity contribution in [1.29, 1.82) is 0 Å². The minimum atomic E-state index is 0.933. The summed E-state index contributed by atoms with van der Waals surface area (Å²) in [6.45, 7) is 4.55. The fourth-order valence-electron chi connectivity index (χ4n) is 0.408. The van der Waals surface area contributed by atoms with E-state index in [-0.39, 0.29) is 0 Å². The van der Waals surface area contributed by atoms with Gasteiger partial charge in [-0.05, 0) is 0 Å². The first-order chi connectivity index (χ1) is 4.41. The van der Waals surface area contributed by atoms with Crippen molar-refractivity contribution in [2.45, 2.75) is 12.8 Å². The minimum absolute atomic E-state index is 0.933. The molecule has 9 heavy (non-hydrogen) atoms. The Hall–Kier alpha value is 0.685. The van der Waals surface area contributed by atoms with Crippen molar-refractivity contribution in [3.63, 3.8) is 0 Å². The molecule has 0 saturated heterocycles. The molecule has 0 aromatic carbocycles. The maximum absolute atomic E-state index is 4.11. The van der Waals surface area contributed by atoms with Crippen molar-refractivity contribution < 1.29 is 0 Å². The van der Waals surface area contributed by atoms with Crippen LogP contribution in [0.2, 0.25) is 0 Å². The molecule has 1 nitrogen and oxygen atoms in total. The molecule has 0 aromatic rings. The number of halogens is 1. The Labute approximate surface area is 73.1 Å². The van der Waals surface area contributed by atoms with Gasteiger partial charge in [-0.25, -0.2) is 0 Å². The molecule has 0 amide bonds. The quantitative estimate of drug-likeness (QED) is 0.317. The zero-order valence-corrected chi connectivity index (χ0v) is 8.19. The van der Waals surface area contributed by atoms with Gasteiger partial charge in [0.15, 0.2) is 0 Å². The van der Waals surface area contributed by atoms with Crippen LogP contribution in [0.5, 0.6) is 0 Å². The Morgan fingerprint density at radius 2 is 2.56 bits per heavy atom. The van der Waals surface area contributed by atoms with E-state index in [2.05, 4.69) is 32.7 Å². The molecule has 0 fully saturated rings. The normalized spacial score (nSPS) is 9.44. The van der Waals surface area contributed by atoms with Crippen LogP contribution in [-0.2, 0) is 0 Å². The van der Waals surface area contributed by atoms with E-state index in [1.54, 1.807) is 8.78 Å². The second kappa shape index (κ2) is 8.68. The van der Waals surface area contributed by atoms with Crippen LogP contribution in [0.4, 0.5) is 0 Å². The number of hydrogen-bond acceptors (Lipinski definition) is 2. The maximum atomic E-state index is 4.11. The molecule has 0 heterocycles. The number of rotatable bonds is 5. The Bertz CT molecular complexity index is 97.0. The first-order valence-electron chi connectivity index (χ1n) is 2.78. The van der Waals surface area contributed by atoms with Crippen molar-refractivity contribution in [3.8, 4) is 0 Å². The van der Waals surface area contributed by atoms with Crippen molar-refractivity contribution >= 4 is 36.3 Å². The third-order valence-corrected chi connectivity index (χ3v) is 1.72. The molecule has 0 aromatic heterocycles. The van der Waals surface area contributed by atoms with E-state index in [1.165, 1.54) is 0 Å². The zero-order chi connectivity index (χ0) is 6.95. The molecule has 0 aliphatic rings. The van der Waals surface area contributed by atoms with Crippen molar-refractivity contribution in [3.05, 3.63) is 12.7 Å². The molecule has 0 unspecified atom stereocenters. The van der Waals surface area contributed by atoms with E-state index >= 15 is 0 Å². The third kappa shape index (κ3) is 8.68. The van der Waals surface area contributed by atoms with Crippen LogP contribution < -0.4 is 0 Å². The molecule has 0 aliphatic heterocycles. The third-order valence-electron chi connectivity index (χ3n) is 0.810. The first kappa shape index (κ1) is 9.68. The van der Waals surface area contributed by atoms with E-state index in [0.29, 0.717) is 0 Å². The van der Waals surface area contributed by atoms with Crippen LogP contribution in [0, 0.1) is 0 Å². The summed E-state index contributed by atoms with van der Waals surface area (Å²) in [5.74, 6) is 0. The van der Waals surface area contributed by atoms with E-state index in [9.17, 15) is 0 Å². The molecule has 0 spiro atoms. The van der Waals surface area contributed by atoms with E-state index < -0.39 is 0 Å². The predicted molar refractivity (Wildman–Crippen MR) is 54.1 cm³/mol. The Morgan fingerprint density at radius 1 is 1.78 bits per heavy atom. The van der Waals surface area contributed by atoms with Crippen LogP contribution in [-0.4, -0.2) is 12.9 Å². The van der Waals surface area contributed by atoms with Gasteiger partial charge in [0.1, 0.15) is 0 Å². The molecule has 0 aliphatic carbocycles. The van der Waals surface area contributed by atoms with Gasteiger partial charge in [-0.3, -0.25) is 0 Å². The summed E-state index contributed by atoms with van der Waals surface area (Å²) in [5, 5.41) is 0. The molecule has 0 bridgehead atoms. The summed E-state index contributed by atoms with van der Waals surface area (Å²) in [6.07, 6.45) is 5.98. The van der Waals surface area contributed by atoms with Gasteiger partial charge >= 0.3 is 73.3 Å². The molecule has 0 atom stereocenters. The molecular weight excluding hydrogens is 244 g/mol. The summed E-state index contributed by atoms with van der Waals surface area (Å²) in [7, 11) is 1.61. The van der Waals surface area contributed by atoms with Crippen molar-refractivity contribution in [2.24, 2.45) is 4.90 Å². The molecule has 0 N–H and O–H groups in total. The fourth-order valence-corrected chi connectivity index (χ4v) is 1.05. The number of hydrogen-bond donors (Lipinski definition) is 0. The van der Waals surface area contributed by atoms with E-state index in [4.69, 9.17) is 0 Å². The average molecular weight is 253 g/mol. The predicted octanol–water partition coefficient (Wildman–Crippen LogP) is 2.84. The van der Waals surface area contributed by atoms with Gasteiger partial charge in [0.05, 0.1) is 0 Å². The van der Waals surface area contributed by atoms with E-state index in [0.717, 1.165) is 19.4 Å². The zero-order valence-electron chi connectivity index (χ0n) is 5.22.